The zero-order chi connectivity index (χ0) is 17.2. The van der Waals surface area contributed by atoms with E-state index in [0.717, 1.165) is 48.4 Å². The molecule has 3 aromatic heterocycles. The standard InChI is InChI=1S/C18H24N6O/c1-12-16-6-13(8-20-18(16)24(2)23-12)7-19-9-14-4-3-5-25-17(14)15-10-21-22-11-15/h6,8,10-11,14,17,19H,3-5,7,9H2,1-2H3,(H,21,22)/t14-,17+/m0/s1. The van der Waals surface area contributed by atoms with Gasteiger partial charge in [-0.05, 0) is 31.4 Å². The van der Waals surface area contributed by atoms with Crippen LogP contribution in [0.15, 0.2) is 24.7 Å². The maximum absolute atomic E-state index is 5.99. The second kappa shape index (κ2) is 6.93. The number of nitrogens with zero attached hydrogens (tertiary/aromatic N) is 4. The molecule has 7 heteroatoms. The van der Waals surface area contributed by atoms with Crippen LogP contribution < -0.4 is 5.32 Å². The summed E-state index contributed by atoms with van der Waals surface area (Å²) in [5, 5.41) is 16.1. The van der Waals surface area contributed by atoms with E-state index in [1.54, 1.807) is 0 Å². The number of aromatic nitrogens is 5. The van der Waals surface area contributed by atoms with E-state index < -0.39 is 0 Å². The van der Waals surface area contributed by atoms with Crippen molar-refractivity contribution in [3.05, 3.63) is 41.5 Å². The van der Waals surface area contributed by atoms with Crippen molar-refractivity contribution < 1.29 is 4.74 Å². The van der Waals surface area contributed by atoms with Gasteiger partial charge in [0.15, 0.2) is 5.65 Å². The van der Waals surface area contributed by atoms with Crippen LogP contribution in [0.25, 0.3) is 11.0 Å². The number of rotatable bonds is 5. The van der Waals surface area contributed by atoms with Gasteiger partial charge in [0.05, 0.1) is 18.0 Å². The Kier molecular flexibility index (Phi) is 4.50. The monoisotopic (exact) mass is 340 g/mol. The average molecular weight is 340 g/mol. The Balaban J connectivity index is 1.40. The Morgan fingerprint density at radius 1 is 1.40 bits per heavy atom. The first-order valence-electron chi connectivity index (χ1n) is 8.81. The van der Waals surface area contributed by atoms with Crippen LogP contribution >= 0.6 is 0 Å². The summed E-state index contributed by atoms with van der Waals surface area (Å²) in [6.07, 6.45) is 8.14. The lowest BCUT2D eigenvalue weighted by molar-refractivity contribution is -0.0278. The van der Waals surface area contributed by atoms with E-state index in [-0.39, 0.29) is 6.10 Å². The predicted octanol–water partition coefficient (Wildman–Crippen LogP) is 2.26. The van der Waals surface area contributed by atoms with Crippen LogP contribution in [-0.2, 0) is 18.3 Å². The molecule has 1 aliphatic heterocycles. The van der Waals surface area contributed by atoms with Crippen LogP contribution in [0.1, 0.15) is 35.8 Å². The largest absolute Gasteiger partial charge is 0.373 e. The molecule has 1 saturated heterocycles. The normalized spacial score (nSPS) is 21.0. The minimum Gasteiger partial charge on any atom is -0.373 e. The molecule has 0 bridgehead atoms. The van der Waals surface area contributed by atoms with Crippen molar-refractivity contribution in [2.24, 2.45) is 13.0 Å². The molecule has 2 N–H and O–H groups in total. The van der Waals surface area contributed by atoms with Gasteiger partial charge in [-0.3, -0.25) is 9.78 Å². The summed E-state index contributed by atoms with van der Waals surface area (Å²) in [5.41, 5.74) is 4.27. The van der Waals surface area contributed by atoms with E-state index in [4.69, 9.17) is 4.74 Å². The van der Waals surface area contributed by atoms with E-state index in [1.807, 2.05) is 37.2 Å². The Hall–Kier alpha value is -2.25. The number of pyridine rings is 1. The number of aryl methyl sites for hydroxylation is 2. The van der Waals surface area contributed by atoms with E-state index in [2.05, 4.69) is 31.7 Å². The maximum Gasteiger partial charge on any atom is 0.157 e. The molecular weight excluding hydrogens is 316 g/mol. The molecule has 0 saturated carbocycles. The van der Waals surface area contributed by atoms with Crippen molar-refractivity contribution in [3.63, 3.8) is 0 Å². The minimum absolute atomic E-state index is 0.126. The lowest BCUT2D eigenvalue weighted by Gasteiger charge is -2.31. The molecular formula is C18H24N6O. The quantitative estimate of drug-likeness (QED) is 0.745. The summed E-state index contributed by atoms with van der Waals surface area (Å²) in [7, 11) is 1.93. The molecule has 25 heavy (non-hydrogen) atoms. The molecule has 3 aromatic rings. The van der Waals surface area contributed by atoms with Gasteiger partial charge in [-0.1, -0.05) is 0 Å². The van der Waals surface area contributed by atoms with Gasteiger partial charge in [-0.2, -0.15) is 10.2 Å². The van der Waals surface area contributed by atoms with E-state index in [9.17, 15) is 0 Å². The van der Waals surface area contributed by atoms with Gasteiger partial charge in [0.25, 0.3) is 0 Å². The highest BCUT2D eigenvalue weighted by molar-refractivity contribution is 5.78. The average Bonchev–Trinajstić information content (AvgIpc) is 3.25. The molecule has 1 aliphatic rings. The van der Waals surface area contributed by atoms with Crippen LogP contribution in [0.5, 0.6) is 0 Å². The summed E-state index contributed by atoms with van der Waals surface area (Å²) in [6, 6.07) is 2.18. The molecule has 132 valence electrons. The molecule has 0 aromatic carbocycles. The third-order valence-corrected chi connectivity index (χ3v) is 4.95. The zero-order valence-electron chi connectivity index (χ0n) is 14.7. The summed E-state index contributed by atoms with van der Waals surface area (Å²) in [5.74, 6) is 0.461. The number of hydrogen-bond acceptors (Lipinski definition) is 5. The number of hydrogen-bond donors (Lipinski definition) is 2. The summed E-state index contributed by atoms with van der Waals surface area (Å²) >= 11 is 0. The van der Waals surface area contributed by atoms with Gasteiger partial charge in [0, 0.05) is 56.0 Å². The minimum atomic E-state index is 0.126. The van der Waals surface area contributed by atoms with Crippen molar-refractivity contribution in [3.8, 4) is 0 Å². The lowest BCUT2D eigenvalue weighted by atomic mass is 9.91. The van der Waals surface area contributed by atoms with Gasteiger partial charge in [-0.15, -0.1) is 0 Å². The highest BCUT2D eigenvalue weighted by Gasteiger charge is 2.27. The van der Waals surface area contributed by atoms with Crippen molar-refractivity contribution in [2.45, 2.75) is 32.4 Å². The smallest absolute Gasteiger partial charge is 0.157 e. The van der Waals surface area contributed by atoms with Gasteiger partial charge in [-0.25, -0.2) is 4.98 Å². The summed E-state index contributed by atoms with van der Waals surface area (Å²) < 4.78 is 7.82. The first kappa shape index (κ1) is 16.2. The van der Waals surface area contributed by atoms with Crippen molar-refractivity contribution in [2.75, 3.05) is 13.2 Å². The van der Waals surface area contributed by atoms with Gasteiger partial charge >= 0.3 is 0 Å². The van der Waals surface area contributed by atoms with E-state index in [0.29, 0.717) is 5.92 Å². The molecule has 4 heterocycles. The molecule has 2 atom stereocenters. The van der Waals surface area contributed by atoms with Gasteiger partial charge in [0.2, 0.25) is 0 Å². The Labute approximate surface area is 146 Å². The van der Waals surface area contributed by atoms with Crippen LogP contribution in [0.3, 0.4) is 0 Å². The SMILES string of the molecule is Cc1nn(C)c2ncc(CNC[C@@H]3CCCO[C@H]3c3cn[nH]c3)cc12. The first-order valence-corrected chi connectivity index (χ1v) is 8.81. The Bertz CT molecular complexity index is 841. The van der Waals surface area contributed by atoms with Crippen molar-refractivity contribution in [1.82, 2.24) is 30.3 Å². The summed E-state index contributed by atoms with van der Waals surface area (Å²) in [6.45, 7) is 4.56. The van der Waals surface area contributed by atoms with E-state index in [1.165, 1.54) is 12.0 Å². The molecule has 1 fully saturated rings. The molecule has 7 nitrogen and oxygen atoms in total. The summed E-state index contributed by atoms with van der Waals surface area (Å²) in [4.78, 5) is 4.55. The van der Waals surface area contributed by atoms with Crippen LogP contribution in [-0.4, -0.2) is 38.1 Å². The molecule has 0 aliphatic carbocycles. The van der Waals surface area contributed by atoms with Crippen LogP contribution in [0.2, 0.25) is 0 Å². The molecule has 0 spiro atoms. The van der Waals surface area contributed by atoms with Crippen LogP contribution in [0.4, 0.5) is 0 Å². The van der Waals surface area contributed by atoms with Crippen molar-refractivity contribution in [1.29, 1.82) is 0 Å². The third-order valence-electron chi connectivity index (χ3n) is 4.95. The Morgan fingerprint density at radius 3 is 3.16 bits per heavy atom. The highest BCUT2D eigenvalue weighted by Crippen LogP contribution is 2.32. The number of aromatic amines is 1. The fraction of sp³-hybridized carbons (Fsp3) is 0.500. The maximum atomic E-state index is 5.99. The number of fused-ring (bicyclic) bond motifs is 1. The van der Waals surface area contributed by atoms with Gasteiger partial charge < -0.3 is 10.1 Å². The molecule has 0 amide bonds. The second-order valence-electron chi connectivity index (χ2n) is 6.78. The second-order valence-corrected chi connectivity index (χ2v) is 6.78. The topological polar surface area (TPSA) is 80.7 Å². The molecule has 0 unspecified atom stereocenters. The fourth-order valence-corrected chi connectivity index (χ4v) is 3.69. The van der Waals surface area contributed by atoms with E-state index >= 15 is 0 Å². The van der Waals surface area contributed by atoms with Crippen molar-refractivity contribution >= 4 is 11.0 Å². The van der Waals surface area contributed by atoms with Gasteiger partial charge in [0.1, 0.15) is 0 Å². The number of ether oxygens (including phenoxy) is 1. The number of nitrogens with one attached hydrogen (secondary N) is 2. The lowest BCUT2D eigenvalue weighted by Crippen LogP contribution is -2.31. The highest BCUT2D eigenvalue weighted by atomic mass is 16.5. The molecule has 0 radical (unpaired) electrons. The first-order chi connectivity index (χ1) is 12.2. The third kappa shape index (κ3) is 3.29. The Morgan fingerprint density at radius 2 is 2.32 bits per heavy atom. The number of H-pyrrole nitrogens is 1. The predicted molar refractivity (Wildman–Crippen MR) is 95.0 cm³/mol. The zero-order valence-corrected chi connectivity index (χ0v) is 14.7. The van der Waals surface area contributed by atoms with Crippen LogP contribution in [0, 0.1) is 12.8 Å². The molecule has 4 rings (SSSR count). The fourth-order valence-electron chi connectivity index (χ4n) is 3.69.